The summed E-state index contributed by atoms with van der Waals surface area (Å²) in [5.41, 5.74) is 1.88. The van der Waals surface area contributed by atoms with Gasteiger partial charge in [0.1, 0.15) is 5.76 Å². The molecule has 0 radical (unpaired) electrons. The van der Waals surface area contributed by atoms with Gasteiger partial charge in [-0.05, 0) is 13.0 Å². The van der Waals surface area contributed by atoms with Crippen LogP contribution in [-0.2, 0) is 13.1 Å². The molecule has 118 valence electrons. The first-order valence-electron chi connectivity index (χ1n) is 7.72. The van der Waals surface area contributed by atoms with Gasteiger partial charge in [0, 0.05) is 37.5 Å². The first-order valence-corrected chi connectivity index (χ1v) is 7.72. The first kappa shape index (κ1) is 15.0. The fourth-order valence-corrected chi connectivity index (χ4v) is 2.93. The molecule has 0 aliphatic carbocycles. The molecule has 0 N–H and O–H groups in total. The molecule has 1 aliphatic rings. The van der Waals surface area contributed by atoms with Crippen LogP contribution >= 0.6 is 0 Å². The molecule has 2 aromatic rings. The summed E-state index contributed by atoms with van der Waals surface area (Å²) in [4.78, 5) is 18.4. The molecule has 1 saturated heterocycles. The fraction of sp³-hybridized carbons (Fsp3) is 0.562. The van der Waals surface area contributed by atoms with Gasteiger partial charge in [-0.25, -0.2) is 9.67 Å². The van der Waals surface area contributed by atoms with Gasteiger partial charge < -0.3 is 4.42 Å². The number of hydrogen-bond donors (Lipinski definition) is 0. The molecule has 0 saturated carbocycles. The Hall–Kier alpha value is -1.95. The maximum Gasteiger partial charge on any atom is 0.266 e. The van der Waals surface area contributed by atoms with E-state index in [2.05, 4.69) is 28.8 Å². The Labute approximate surface area is 129 Å². The fourth-order valence-electron chi connectivity index (χ4n) is 2.93. The van der Waals surface area contributed by atoms with Crippen LogP contribution < -0.4 is 5.56 Å². The number of oxazole rings is 1. The molecule has 0 atom stereocenters. The summed E-state index contributed by atoms with van der Waals surface area (Å²) in [7, 11) is 0. The van der Waals surface area contributed by atoms with Crippen molar-refractivity contribution in [2.24, 2.45) is 5.92 Å². The van der Waals surface area contributed by atoms with Crippen LogP contribution in [0.3, 0.4) is 0 Å². The summed E-state index contributed by atoms with van der Waals surface area (Å²) >= 11 is 0. The van der Waals surface area contributed by atoms with E-state index in [0.29, 0.717) is 18.4 Å². The smallest absolute Gasteiger partial charge is 0.266 e. The highest BCUT2D eigenvalue weighted by molar-refractivity contribution is 5.11. The van der Waals surface area contributed by atoms with E-state index in [1.807, 2.05) is 6.92 Å². The Kier molecular flexibility index (Phi) is 4.11. The Balaban J connectivity index is 1.55. The van der Waals surface area contributed by atoms with E-state index in [9.17, 15) is 4.79 Å². The zero-order chi connectivity index (χ0) is 15.7. The van der Waals surface area contributed by atoms with Crippen molar-refractivity contribution in [1.82, 2.24) is 19.7 Å². The summed E-state index contributed by atoms with van der Waals surface area (Å²) in [6.45, 7) is 9.56. The van der Waals surface area contributed by atoms with Crippen molar-refractivity contribution in [2.45, 2.75) is 39.8 Å². The van der Waals surface area contributed by atoms with E-state index in [1.165, 1.54) is 6.39 Å². The monoisotopic (exact) mass is 302 g/mol. The number of rotatable bonds is 5. The van der Waals surface area contributed by atoms with Gasteiger partial charge in [-0.2, -0.15) is 5.10 Å². The second-order valence-electron chi connectivity index (χ2n) is 6.37. The topological polar surface area (TPSA) is 64.2 Å². The summed E-state index contributed by atoms with van der Waals surface area (Å²) in [6, 6.07) is 3.34. The lowest BCUT2D eigenvalue weighted by Gasteiger charge is -2.38. The van der Waals surface area contributed by atoms with Gasteiger partial charge in [0.25, 0.3) is 5.56 Å². The normalized spacial score (nSPS) is 16.2. The summed E-state index contributed by atoms with van der Waals surface area (Å²) in [5.74, 6) is 1.80. The molecule has 0 spiro atoms. The van der Waals surface area contributed by atoms with Crippen molar-refractivity contribution >= 4 is 0 Å². The van der Waals surface area contributed by atoms with E-state index in [1.54, 1.807) is 16.8 Å². The van der Waals surface area contributed by atoms with Gasteiger partial charge in [0.15, 0.2) is 6.39 Å². The van der Waals surface area contributed by atoms with Crippen molar-refractivity contribution in [3.63, 3.8) is 0 Å². The molecule has 3 rings (SSSR count). The number of aryl methyl sites for hydroxylation is 1. The number of aromatic nitrogens is 3. The minimum absolute atomic E-state index is 0.0253. The highest BCUT2D eigenvalue weighted by Crippen LogP contribution is 2.24. The number of nitrogens with zero attached hydrogens (tertiary/aromatic N) is 4. The van der Waals surface area contributed by atoms with Gasteiger partial charge in [0.05, 0.1) is 17.9 Å². The summed E-state index contributed by atoms with van der Waals surface area (Å²) in [5, 5.41) is 4.29. The van der Waals surface area contributed by atoms with Gasteiger partial charge in [-0.1, -0.05) is 13.8 Å². The van der Waals surface area contributed by atoms with Crippen LogP contribution in [0.4, 0.5) is 0 Å². The molecule has 1 fully saturated rings. The van der Waals surface area contributed by atoms with Crippen LogP contribution in [-0.4, -0.2) is 32.8 Å². The van der Waals surface area contributed by atoms with E-state index in [4.69, 9.17) is 4.42 Å². The van der Waals surface area contributed by atoms with E-state index in [-0.39, 0.29) is 5.56 Å². The van der Waals surface area contributed by atoms with Crippen molar-refractivity contribution in [1.29, 1.82) is 0 Å². The quantitative estimate of drug-likeness (QED) is 0.842. The van der Waals surface area contributed by atoms with Crippen molar-refractivity contribution in [3.8, 4) is 0 Å². The van der Waals surface area contributed by atoms with E-state index < -0.39 is 0 Å². The zero-order valence-electron chi connectivity index (χ0n) is 13.3. The first-order chi connectivity index (χ1) is 10.5. The number of hydrogen-bond acceptors (Lipinski definition) is 5. The van der Waals surface area contributed by atoms with Crippen LogP contribution in [0.5, 0.6) is 0 Å². The van der Waals surface area contributed by atoms with Crippen LogP contribution in [0.1, 0.15) is 36.9 Å². The Morgan fingerprint density at radius 1 is 1.36 bits per heavy atom. The lowest BCUT2D eigenvalue weighted by atomic mass is 9.99. The molecular formula is C16H22N4O2. The molecule has 6 nitrogen and oxygen atoms in total. The van der Waals surface area contributed by atoms with Crippen LogP contribution in [0.25, 0.3) is 0 Å². The highest BCUT2D eigenvalue weighted by atomic mass is 16.3. The summed E-state index contributed by atoms with van der Waals surface area (Å²) < 4.78 is 7.03. The molecule has 0 amide bonds. The van der Waals surface area contributed by atoms with Crippen molar-refractivity contribution < 1.29 is 4.42 Å². The van der Waals surface area contributed by atoms with E-state index >= 15 is 0 Å². The third kappa shape index (κ3) is 3.11. The average molecular weight is 302 g/mol. The predicted molar refractivity (Wildman–Crippen MR) is 82.6 cm³/mol. The minimum Gasteiger partial charge on any atom is -0.448 e. The summed E-state index contributed by atoms with van der Waals surface area (Å²) in [6.07, 6.45) is 1.53. The standard InChI is InChI=1S/C16H22N4O2/c1-11(2)16-14(17-10-22-16)9-19-6-13(7-19)8-20-15(21)5-4-12(3)18-20/h4-5,10-11,13H,6-9H2,1-3H3. The van der Waals surface area contributed by atoms with Crippen LogP contribution in [0.2, 0.25) is 0 Å². The van der Waals surface area contributed by atoms with Crippen LogP contribution in [0, 0.1) is 12.8 Å². The Morgan fingerprint density at radius 3 is 2.86 bits per heavy atom. The maximum absolute atomic E-state index is 11.8. The predicted octanol–water partition coefficient (Wildman–Crippen LogP) is 1.80. The molecule has 0 bridgehead atoms. The number of likely N-dealkylation sites (tertiary alicyclic amines) is 1. The van der Waals surface area contributed by atoms with Crippen LogP contribution in [0.15, 0.2) is 27.7 Å². The largest absolute Gasteiger partial charge is 0.448 e. The van der Waals surface area contributed by atoms with E-state index in [0.717, 1.165) is 36.8 Å². The lowest BCUT2D eigenvalue weighted by molar-refractivity contribution is 0.0748. The second-order valence-corrected chi connectivity index (χ2v) is 6.37. The maximum atomic E-state index is 11.8. The molecule has 2 aromatic heterocycles. The Bertz CT molecular complexity index is 698. The Morgan fingerprint density at radius 2 is 2.14 bits per heavy atom. The highest BCUT2D eigenvalue weighted by Gasteiger charge is 2.29. The van der Waals surface area contributed by atoms with Gasteiger partial charge in [-0.15, -0.1) is 0 Å². The molecule has 0 unspecified atom stereocenters. The van der Waals surface area contributed by atoms with Gasteiger partial charge in [0.2, 0.25) is 0 Å². The van der Waals surface area contributed by atoms with Crippen molar-refractivity contribution in [3.05, 3.63) is 46.0 Å². The van der Waals surface area contributed by atoms with Crippen molar-refractivity contribution in [2.75, 3.05) is 13.1 Å². The zero-order valence-corrected chi connectivity index (χ0v) is 13.3. The third-order valence-corrected chi connectivity index (χ3v) is 4.03. The molecule has 1 aliphatic heterocycles. The third-order valence-electron chi connectivity index (χ3n) is 4.03. The second kappa shape index (κ2) is 6.04. The molecule has 3 heterocycles. The molecule has 0 aromatic carbocycles. The minimum atomic E-state index is -0.0253. The molecule has 6 heteroatoms. The lowest BCUT2D eigenvalue weighted by Crippen LogP contribution is -2.49. The molecule has 22 heavy (non-hydrogen) atoms. The molecular weight excluding hydrogens is 280 g/mol. The van der Waals surface area contributed by atoms with Gasteiger partial charge in [-0.3, -0.25) is 9.69 Å². The average Bonchev–Trinajstić information content (AvgIpc) is 2.88. The van der Waals surface area contributed by atoms with Gasteiger partial charge >= 0.3 is 0 Å². The SMILES string of the molecule is Cc1ccc(=O)n(CC2CN(Cc3ncoc3C(C)C)C2)n1.